The van der Waals surface area contributed by atoms with E-state index in [9.17, 15) is 13.6 Å². The number of aromatic nitrogens is 1. The number of nitrogens with zero attached hydrogens (tertiary/aromatic N) is 2. The number of fused-ring (bicyclic) bond motifs is 1. The van der Waals surface area contributed by atoms with E-state index in [1.807, 2.05) is 0 Å². The first-order chi connectivity index (χ1) is 12.0. The Hall–Kier alpha value is -2.09. The molecule has 8 heteroatoms. The molecule has 0 N–H and O–H groups in total. The molecule has 0 aliphatic rings. The largest absolute Gasteiger partial charge is 0.383 e. The van der Waals surface area contributed by atoms with Gasteiger partial charge in [0, 0.05) is 13.7 Å². The molecule has 1 heterocycles. The highest BCUT2D eigenvalue weighted by Crippen LogP contribution is 2.21. The van der Waals surface area contributed by atoms with Gasteiger partial charge >= 0.3 is 0 Å². The van der Waals surface area contributed by atoms with Crippen LogP contribution in [0.3, 0.4) is 0 Å². The summed E-state index contributed by atoms with van der Waals surface area (Å²) in [5, 5.41) is -0.00986. The van der Waals surface area contributed by atoms with Crippen LogP contribution in [0, 0.1) is 11.6 Å². The molecule has 3 rings (SSSR count). The Kier molecular flexibility index (Phi) is 5.27. The molecule has 0 saturated carbocycles. The number of carbonyl (C=O) groups excluding carboxylic acids is 1. The van der Waals surface area contributed by atoms with Gasteiger partial charge in [0.05, 0.1) is 27.4 Å². The van der Waals surface area contributed by atoms with E-state index in [-0.39, 0.29) is 16.4 Å². The van der Waals surface area contributed by atoms with Crippen molar-refractivity contribution in [1.82, 2.24) is 4.57 Å². The van der Waals surface area contributed by atoms with Gasteiger partial charge in [0.15, 0.2) is 4.80 Å². The smallest absolute Gasteiger partial charge is 0.284 e. The summed E-state index contributed by atoms with van der Waals surface area (Å²) in [6, 6.07) is 8.28. The molecule has 0 atom stereocenters. The molecule has 2 aromatic carbocycles. The van der Waals surface area contributed by atoms with Crippen LogP contribution in [0.15, 0.2) is 41.4 Å². The first-order valence-corrected chi connectivity index (χ1v) is 8.51. The summed E-state index contributed by atoms with van der Waals surface area (Å²) >= 11 is 7.06. The normalized spacial score (nSPS) is 12.1. The Morgan fingerprint density at radius 2 is 2.12 bits per heavy atom. The lowest BCUT2D eigenvalue weighted by Crippen LogP contribution is -2.19. The first-order valence-electron chi connectivity index (χ1n) is 7.32. The summed E-state index contributed by atoms with van der Waals surface area (Å²) in [5.41, 5.74) is 0.431. The third-order valence-electron chi connectivity index (χ3n) is 3.54. The fourth-order valence-corrected chi connectivity index (χ4v) is 3.70. The predicted molar refractivity (Wildman–Crippen MR) is 93.0 cm³/mol. The predicted octanol–water partition coefficient (Wildman–Crippen LogP) is 4.02. The molecule has 4 nitrogen and oxygen atoms in total. The lowest BCUT2D eigenvalue weighted by molar-refractivity contribution is 0.0993. The fourth-order valence-electron chi connectivity index (χ4n) is 2.38. The van der Waals surface area contributed by atoms with E-state index >= 15 is 0 Å². The summed E-state index contributed by atoms with van der Waals surface area (Å²) in [4.78, 5) is 16.8. The molecule has 0 unspecified atom stereocenters. The van der Waals surface area contributed by atoms with Gasteiger partial charge < -0.3 is 9.30 Å². The third kappa shape index (κ3) is 3.63. The number of hydrogen-bond donors (Lipinski definition) is 0. The first kappa shape index (κ1) is 17.7. The SMILES string of the molecule is COCCn1c(=NC(=O)c2c(F)cccc2Cl)sc2cc(F)ccc21. The van der Waals surface area contributed by atoms with E-state index in [1.54, 1.807) is 17.7 Å². The fraction of sp³-hybridized carbons (Fsp3) is 0.176. The summed E-state index contributed by atoms with van der Waals surface area (Å²) in [5.74, 6) is -1.92. The zero-order valence-electron chi connectivity index (χ0n) is 13.1. The van der Waals surface area contributed by atoms with Crippen LogP contribution in [0.5, 0.6) is 0 Å². The number of thiazole rings is 1. The highest BCUT2D eigenvalue weighted by Gasteiger charge is 2.16. The van der Waals surface area contributed by atoms with Gasteiger partial charge in [-0.05, 0) is 30.3 Å². The van der Waals surface area contributed by atoms with Crippen molar-refractivity contribution in [2.24, 2.45) is 4.99 Å². The summed E-state index contributed by atoms with van der Waals surface area (Å²) in [6.45, 7) is 0.796. The van der Waals surface area contributed by atoms with Crippen LogP contribution in [0.4, 0.5) is 8.78 Å². The van der Waals surface area contributed by atoms with Gasteiger partial charge in [0.1, 0.15) is 11.6 Å². The standard InChI is InChI=1S/C17H13ClF2N2O2S/c1-24-8-7-22-13-6-5-10(19)9-14(13)25-17(22)21-16(23)15-11(18)3-2-4-12(15)20/h2-6,9H,7-8H2,1H3. The van der Waals surface area contributed by atoms with Gasteiger partial charge in [0.2, 0.25) is 0 Å². The minimum absolute atomic E-state index is 0.00986. The quantitative estimate of drug-likeness (QED) is 0.684. The van der Waals surface area contributed by atoms with Crippen LogP contribution in [0.2, 0.25) is 5.02 Å². The van der Waals surface area contributed by atoms with Crippen molar-refractivity contribution < 1.29 is 18.3 Å². The maximum Gasteiger partial charge on any atom is 0.284 e. The van der Waals surface area contributed by atoms with Gasteiger partial charge in [-0.15, -0.1) is 0 Å². The summed E-state index contributed by atoms with van der Waals surface area (Å²) in [6.07, 6.45) is 0. The maximum atomic E-state index is 13.9. The van der Waals surface area contributed by atoms with Crippen LogP contribution in [0.25, 0.3) is 10.2 Å². The van der Waals surface area contributed by atoms with E-state index in [1.165, 1.54) is 24.3 Å². The van der Waals surface area contributed by atoms with Crippen LogP contribution in [-0.4, -0.2) is 24.2 Å². The van der Waals surface area contributed by atoms with E-state index in [2.05, 4.69) is 4.99 Å². The molecule has 0 saturated heterocycles. The Bertz CT molecular complexity index is 993. The molecule has 25 heavy (non-hydrogen) atoms. The Morgan fingerprint density at radius 1 is 1.32 bits per heavy atom. The van der Waals surface area contributed by atoms with Gasteiger partial charge in [-0.25, -0.2) is 8.78 Å². The second-order valence-corrected chi connectivity index (χ2v) is 6.57. The number of carbonyl (C=O) groups is 1. The van der Waals surface area contributed by atoms with E-state index < -0.39 is 11.7 Å². The molecule has 0 aliphatic carbocycles. The molecule has 1 amide bonds. The number of methoxy groups -OCH3 is 1. The average Bonchev–Trinajstić information content (AvgIpc) is 2.88. The molecular weight excluding hydrogens is 370 g/mol. The minimum atomic E-state index is -0.790. The second-order valence-electron chi connectivity index (χ2n) is 5.15. The Morgan fingerprint density at radius 3 is 2.84 bits per heavy atom. The number of halogens is 3. The Labute approximate surface area is 151 Å². The van der Waals surface area contributed by atoms with Crippen LogP contribution >= 0.6 is 22.9 Å². The molecule has 0 fully saturated rings. The summed E-state index contributed by atoms with van der Waals surface area (Å²) < 4.78 is 34.8. The molecule has 0 spiro atoms. The molecule has 0 aliphatic heterocycles. The van der Waals surface area contributed by atoms with Crippen molar-refractivity contribution in [3.63, 3.8) is 0 Å². The van der Waals surface area contributed by atoms with E-state index in [4.69, 9.17) is 16.3 Å². The molecule has 0 radical (unpaired) electrons. The third-order valence-corrected chi connectivity index (χ3v) is 4.89. The summed E-state index contributed by atoms with van der Waals surface area (Å²) in [7, 11) is 1.55. The molecular formula is C17H13ClF2N2O2S. The molecule has 0 bridgehead atoms. The van der Waals surface area contributed by atoms with Gasteiger partial charge in [-0.2, -0.15) is 4.99 Å². The van der Waals surface area contributed by atoms with Gasteiger partial charge in [0.25, 0.3) is 5.91 Å². The van der Waals surface area contributed by atoms with Crippen LogP contribution < -0.4 is 4.80 Å². The van der Waals surface area contributed by atoms with Crippen molar-refractivity contribution in [2.45, 2.75) is 6.54 Å². The maximum absolute atomic E-state index is 13.9. The van der Waals surface area contributed by atoms with Crippen molar-refractivity contribution in [3.8, 4) is 0 Å². The highest BCUT2D eigenvalue weighted by atomic mass is 35.5. The molecule has 1 aromatic heterocycles. The average molecular weight is 383 g/mol. The zero-order chi connectivity index (χ0) is 18.0. The topological polar surface area (TPSA) is 43.6 Å². The van der Waals surface area contributed by atoms with Crippen molar-refractivity contribution in [1.29, 1.82) is 0 Å². The van der Waals surface area contributed by atoms with Crippen LogP contribution in [-0.2, 0) is 11.3 Å². The van der Waals surface area contributed by atoms with Crippen molar-refractivity contribution in [3.05, 3.63) is 63.4 Å². The Balaban J connectivity index is 2.16. The minimum Gasteiger partial charge on any atom is -0.383 e. The monoisotopic (exact) mass is 382 g/mol. The zero-order valence-corrected chi connectivity index (χ0v) is 14.7. The number of hydrogen-bond acceptors (Lipinski definition) is 3. The van der Waals surface area contributed by atoms with Crippen LogP contribution in [0.1, 0.15) is 10.4 Å². The number of benzene rings is 2. The molecule has 3 aromatic rings. The number of amides is 1. The van der Waals surface area contributed by atoms with E-state index in [0.29, 0.717) is 22.7 Å². The van der Waals surface area contributed by atoms with E-state index in [0.717, 1.165) is 22.9 Å². The van der Waals surface area contributed by atoms with Gasteiger partial charge in [-0.3, -0.25) is 4.79 Å². The highest BCUT2D eigenvalue weighted by molar-refractivity contribution is 7.16. The lowest BCUT2D eigenvalue weighted by atomic mass is 10.2. The number of rotatable bonds is 4. The van der Waals surface area contributed by atoms with Crippen molar-refractivity contribution >= 4 is 39.1 Å². The molecule has 130 valence electrons. The lowest BCUT2D eigenvalue weighted by Gasteiger charge is -2.04. The van der Waals surface area contributed by atoms with Crippen molar-refractivity contribution in [2.75, 3.05) is 13.7 Å². The van der Waals surface area contributed by atoms with Gasteiger partial charge in [-0.1, -0.05) is 29.0 Å². The second kappa shape index (κ2) is 7.43. The number of ether oxygens (including phenoxy) is 1.